The molecule has 5 rings (SSSR count). The molecule has 9 nitrogen and oxygen atoms in total. The largest absolute Gasteiger partial charge is 0.352 e. The fourth-order valence-electron chi connectivity index (χ4n) is 4.59. The van der Waals surface area contributed by atoms with E-state index in [0.29, 0.717) is 24.1 Å². The van der Waals surface area contributed by atoms with Gasteiger partial charge < -0.3 is 16.0 Å². The summed E-state index contributed by atoms with van der Waals surface area (Å²) in [5.41, 5.74) is 5.40. The number of nitrogens with one attached hydrogen (secondary N) is 3. The van der Waals surface area contributed by atoms with E-state index in [0.717, 1.165) is 46.8 Å². The van der Waals surface area contributed by atoms with Gasteiger partial charge in [-0.25, -0.2) is 24.9 Å². The molecule has 0 aromatic carbocycles. The zero-order valence-corrected chi connectivity index (χ0v) is 19.9. The van der Waals surface area contributed by atoms with Crippen LogP contribution in [0.4, 0.5) is 17.3 Å². The Bertz CT molecular complexity index is 1240. The Balaban J connectivity index is 1.36. The minimum atomic E-state index is 0.395. The van der Waals surface area contributed by atoms with Crippen molar-refractivity contribution in [3.63, 3.8) is 0 Å². The minimum Gasteiger partial charge on any atom is -0.352 e. The third kappa shape index (κ3) is 4.99. The summed E-state index contributed by atoms with van der Waals surface area (Å²) >= 11 is 0. The van der Waals surface area contributed by atoms with E-state index in [4.69, 9.17) is 4.98 Å². The van der Waals surface area contributed by atoms with Gasteiger partial charge in [0.05, 0.1) is 41.4 Å². The summed E-state index contributed by atoms with van der Waals surface area (Å²) in [6, 6.07) is 5.50. The van der Waals surface area contributed by atoms with E-state index in [1.807, 2.05) is 42.0 Å². The van der Waals surface area contributed by atoms with Crippen molar-refractivity contribution >= 4 is 23.0 Å². The summed E-state index contributed by atoms with van der Waals surface area (Å²) in [6.45, 7) is 6.45. The van der Waals surface area contributed by atoms with Crippen molar-refractivity contribution in [3.05, 3.63) is 55.0 Å². The highest BCUT2D eigenvalue weighted by atomic mass is 15.1. The molecule has 4 aromatic rings. The Labute approximate surface area is 199 Å². The number of fused-ring (bicyclic) bond motifs is 1. The number of rotatable bonds is 7. The Morgan fingerprint density at radius 3 is 2.44 bits per heavy atom. The lowest BCUT2D eigenvalue weighted by Gasteiger charge is -2.31. The van der Waals surface area contributed by atoms with Crippen LogP contribution >= 0.6 is 0 Å². The lowest BCUT2D eigenvalue weighted by molar-refractivity contribution is 0.335. The number of aryl methyl sites for hydroxylation is 1. The molecule has 1 saturated carbocycles. The zero-order valence-electron chi connectivity index (χ0n) is 19.9. The molecule has 4 aromatic heterocycles. The maximum absolute atomic E-state index is 4.90. The number of anilines is 3. The van der Waals surface area contributed by atoms with Gasteiger partial charge in [0.2, 0.25) is 5.95 Å². The Morgan fingerprint density at radius 2 is 1.68 bits per heavy atom. The molecule has 1 fully saturated rings. The highest BCUT2D eigenvalue weighted by molar-refractivity contribution is 5.67. The van der Waals surface area contributed by atoms with Crippen molar-refractivity contribution in [3.8, 4) is 11.4 Å². The standard InChI is InChI=1S/C25H31N9/c1-16(2)30-18-4-6-19(7-5-18)32-25-29-10-17(3)24(33-25)22-13-28-23-9-8-20(14-34(22)23)31-21-11-26-15-27-12-21/h8-16,18-19,30-31H,4-7H2,1-3H3,(H,29,32,33)/t18-,19-. The second-order valence-corrected chi connectivity index (χ2v) is 9.28. The van der Waals surface area contributed by atoms with Crippen LogP contribution in [-0.4, -0.2) is 47.4 Å². The molecular formula is C25H31N9. The molecule has 0 atom stereocenters. The molecule has 0 amide bonds. The minimum absolute atomic E-state index is 0.395. The monoisotopic (exact) mass is 457 g/mol. The van der Waals surface area contributed by atoms with Gasteiger partial charge in [0.15, 0.2) is 0 Å². The quantitative estimate of drug-likeness (QED) is 0.376. The number of hydrogen-bond acceptors (Lipinski definition) is 8. The van der Waals surface area contributed by atoms with Crippen LogP contribution in [0, 0.1) is 6.92 Å². The summed E-state index contributed by atoms with van der Waals surface area (Å²) in [6.07, 6.45) is 15.3. The van der Waals surface area contributed by atoms with Crippen LogP contribution in [0.3, 0.4) is 0 Å². The van der Waals surface area contributed by atoms with Gasteiger partial charge >= 0.3 is 0 Å². The predicted molar refractivity (Wildman–Crippen MR) is 134 cm³/mol. The van der Waals surface area contributed by atoms with Gasteiger partial charge in [0, 0.05) is 30.5 Å². The third-order valence-corrected chi connectivity index (χ3v) is 6.20. The third-order valence-electron chi connectivity index (χ3n) is 6.20. The summed E-state index contributed by atoms with van der Waals surface area (Å²) in [5, 5.41) is 10.6. The number of nitrogens with zero attached hydrogens (tertiary/aromatic N) is 6. The molecule has 0 aliphatic heterocycles. The van der Waals surface area contributed by atoms with E-state index in [9.17, 15) is 0 Å². The first-order valence-electron chi connectivity index (χ1n) is 11.9. The maximum Gasteiger partial charge on any atom is 0.223 e. The number of pyridine rings is 1. The molecule has 1 aliphatic rings. The molecule has 0 radical (unpaired) electrons. The van der Waals surface area contributed by atoms with Crippen molar-refractivity contribution in [2.45, 2.75) is 64.6 Å². The van der Waals surface area contributed by atoms with Crippen LogP contribution in [0.25, 0.3) is 17.0 Å². The van der Waals surface area contributed by atoms with Crippen LogP contribution in [0.15, 0.2) is 49.4 Å². The molecule has 4 heterocycles. The molecular weight excluding hydrogens is 426 g/mol. The summed E-state index contributed by atoms with van der Waals surface area (Å²) in [7, 11) is 0. The van der Waals surface area contributed by atoms with Crippen molar-refractivity contribution in [1.82, 2.24) is 34.6 Å². The number of imidazole rings is 1. The second-order valence-electron chi connectivity index (χ2n) is 9.28. The van der Waals surface area contributed by atoms with Gasteiger partial charge in [0.1, 0.15) is 12.0 Å². The number of aromatic nitrogens is 6. The molecule has 1 aliphatic carbocycles. The first-order chi connectivity index (χ1) is 16.5. The van der Waals surface area contributed by atoms with Gasteiger partial charge in [-0.3, -0.25) is 4.40 Å². The highest BCUT2D eigenvalue weighted by Gasteiger charge is 2.22. The Morgan fingerprint density at radius 1 is 0.912 bits per heavy atom. The van der Waals surface area contributed by atoms with E-state index < -0.39 is 0 Å². The van der Waals surface area contributed by atoms with Crippen LogP contribution < -0.4 is 16.0 Å². The molecule has 0 saturated heterocycles. The lowest BCUT2D eigenvalue weighted by atomic mass is 9.91. The zero-order chi connectivity index (χ0) is 23.5. The molecule has 3 N–H and O–H groups in total. The van der Waals surface area contributed by atoms with Crippen LogP contribution in [0.2, 0.25) is 0 Å². The van der Waals surface area contributed by atoms with Crippen LogP contribution in [0.5, 0.6) is 0 Å². The fraction of sp³-hybridized carbons (Fsp3) is 0.400. The number of hydrogen-bond donors (Lipinski definition) is 3. The van der Waals surface area contributed by atoms with Gasteiger partial charge in [-0.05, 0) is 50.3 Å². The molecule has 0 unspecified atom stereocenters. The van der Waals surface area contributed by atoms with E-state index >= 15 is 0 Å². The van der Waals surface area contributed by atoms with E-state index in [2.05, 4.69) is 49.7 Å². The van der Waals surface area contributed by atoms with Crippen molar-refractivity contribution in [2.75, 3.05) is 10.6 Å². The van der Waals surface area contributed by atoms with Gasteiger partial charge in [0.25, 0.3) is 0 Å². The average Bonchev–Trinajstić information content (AvgIpc) is 3.25. The first-order valence-corrected chi connectivity index (χ1v) is 11.9. The molecule has 9 heteroatoms. The van der Waals surface area contributed by atoms with Gasteiger partial charge in [-0.1, -0.05) is 13.8 Å². The Hall–Kier alpha value is -3.59. The fourth-order valence-corrected chi connectivity index (χ4v) is 4.59. The normalized spacial score (nSPS) is 18.4. The summed E-state index contributed by atoms with van der Waals surface area (Å²) in [4.78, 5) is 22.2. The average molecular weight is 458 g/mol. The molecule has 0 bridgehead atoms. The van der Waals surface area contributed by atoms with Gasteiger partial charge in [-0.2, -0.15) is 0 Å². The van der Waals surface area contributed by atoms with E-state index in [1.54, 1.807) is 12.4 Å². The summed E-state index contributed by atoms with van der Waals surface area (Å²) in [5.74, 6) is 0.673. The predicted octanol–water partition coefficient (Wildman–Crippen LogP) is 4.35. The van der Waals surface area contributed by atoms with Crippen LogP contribution in [0.1, 0.15) is 45.1 Å². The van der Waals surface area contributed by atoms with Gasteiger partial charge in [-0.15, -0.1) is 0 Å². The highest BCUT2D eigenvalue weighted by Crippen LogP contribution is 2.27. The smallest absolute Gasteiger partial charge is 0.223 e. The van der Waals surface area contributed by atoms with E-state index in [-0.39, 0.29) is 0 Å². The summed E-state index contributed by atoms with van der Waals surface area (Å²) < 4.78 is 2.05. The molecule has 0 spiro atoms. The van der Waals surface area contributed by atoms with E-state index in [1.165, 1.54) is 19.2 Å². The maximum atomic E-state index is 4.90. The Kier molecular flexibility index (Phi) is 6.35. The first kappa shape index (κ1) is 22.2. The molecule has 34 heavy (non-hydrogen) atoms. The van der Waals surface area contributed by atoms with Crippen molar-refractivity contribution < 1.29 is 0 Å². The lowest BCUT2D eigenvalue weighted by Crippen LogP contribution is -2.40. The SMILES string of the molecule is Cc1cnc(N[C@H]2CC[C@H](NC(C)C)CC2)nc1-c1cnc2ccc(Nc3cncnc3)cn12. The topological polar surface area (TPSA) is 105 Å². The van der Waals surface area contributed by atoms with Crippen molar-refractivity contribution in [1.29, 1.82) is 0 Å². The molecule has 176 valence electrons. The second kappa shape index (κ2) is 9.72. The van der Waals surface area contributed by atoms with Crippen LogP contribution in [-0.2, 0) is 0 Å². The van der Waals surface area contributed by atoms with Crippen molar-refractivity contribution in [2.24, 2.45) is 0 Å².